The van der Waals surface area contributed by atoms with Crippen LogP contribution in [0, 0.1) is 0 Å². The Bertz CT molecular complexity index is 711. The molecule has 1 aromatic carbocycles. The number of hydrogen-bond acceptors (Lipinski definition) is 6. The summed E-state index contributed by atoms with van der Waals surface area (Å²) in [7, 11) is 0. The summed E-state index contributed by atoms with van der Waals surface area (Å²) in [6, 6.07) is 9.63. The quantitative estimate of drug-likeness (QED) is 0.847. The van der Waals surface area contributed by atoms with Crippen LogP contribution in [-0.2, 0) is 11.3 Å². The zero-order chi connectivity index (χ0) is 17.9. The number of carbonyl (C=O) groups is 1. The molecule has 3 rings (SSSR count). The van der Waals surface area contributed by atoms with Crippen molar-refractivity contribution in [2.45, 2.75) is 51.8 Å². The molecule has 1 aliphatic rings. The lowest BCUT2D eigenvalue weighted by molar-refractivity contribution is 0.0209. The number of rotatable bonds is 4. The first-order valence-electron chi connectivity index (χ1n) is 8.41. The van der Waals surface area contributed by atoms with Gasteiger partial charge in [-0.25, -0.2) is 4.79 Å². The standard InChI is InChI=1S/C17H23N5O3/c1-17(2,3)25-16(23)21-11-7-8-13(21)12-22-15(18-19-20-22)24-14-9-5-4-6-10-14/h4-6,9-10,13H,7-8,11-12H2,1-3H3. The Morgan fingerprint density at radius 2 is 2.04 bits per heavy atom. The average molecular weight is 345 g/mol. The molecule has 1 fully saturated rings. The average Bonchev–Trinajstić information content (AvgIpc) is 3.17. The van der Waals surface area contributed by atoms with E-state index in [1.807, 2.05) is 51.1 Å². The van der Waals surface area contributed by atoms with Crippen molar-refractivity contribution in [1.29, 1.82) is 0 Å². The number of nitrogens with zero attached hydrogens (tertiary/aromatic N) is 5. The number of para-hydroxylation sites is 1. The van der Waals surface area contributed by atoms with Crippen LogP contribution in [-0.4, -0.2) is 49.4 Å². The summed E-state index contributed by atoms with van der Waals surface area (Å²) in [4.78, 5) is 14.1. The second-order valence-electron chi connectivity index (χ2n) is 7.03. The van der Waals surface area contributed by atoms with Crippen LogP contribution in [0.4, 0.5) is 4.79 Å². The fourth-order valence-electron chi connectivity index (χ4n) is 2.76. The second kappa shape index (κ2) is 7.08. The summed E-state index contributed by atoms with van der Waals surface area (Å²) in [6.07, 6.45) is 1.51. The Balaban J connectivity index is 1.68. The lowest BCUT2D eigenvalue weighted by atomic mass is 10.2. The van der Waals surface area contributed by atoms with Crippen molar-refractivity contribution in [3.63, 3.8) is 0 Å². The van der Waals surface area contributed by atoms with Gasteiger partial charge in [0.05, 0.1) is 12.6 Å². The van der Waals surface area contributed by atoms with Gasteiger partial charge in [0.25, 0.3) is 0 Å². The van der Waals surface area contributed by atoms with E-state index in [-0.39, 0.29) is 12.1 Å². The highest BCUT2D eigenvalue weighted by Crippen LogP contribution is 2.24. The van der Waals surface area contributed by atoms with Crippen molar-refractivity contribution in [3.8, 4) is 11.8 Å². The molecule has 2 aromatic rings. The lowest BCUT2D eigenvalue weighted by Crippen LogP contribution is -2.41. The van der Waals surface area contributed by atoms with Crippen molar-refractivity contribution < 1.29 is 14.3 Å². The molecule has 1 aliphatic heterocycles. The van der Waals surface area contributed by atoms with Crippen LogP contribution in [0.5, 0.6) is 11.8 Å². The maximum Gasteiger partial charge on any atom is 0.410 e. The van der Waals surface area contributed by atoms with E-state index in [1.54, 1.807) is 9.58 Å². The van der Waals surface area contributed by atoms with Crippen molar-refractivity contribution in [3.05, 3.63) is 30.3 Å². The molecule has 134 valence electrons. The highest BCUT2D eigenvalue weighted by atomic mass is 16.6. The van der Waals surface area contributed by atoms with E-state index in [0.29, 0.717) is 24.8 Å². The van der Waals surface area contributed by atoms with Crippen LogP contribution < -0.4 is 4.74 Å². The van der Waals surface area contributed by atoms with E-state index in [4.69, 9.17) is 9.47 Å². The highest BCUT2D eigenvalue weighted by molar-refractivity contribution is 5.68. The van der Waals surface area contributed by atoms with Gasteiger partial charge >= 0.3 is 12.1 Å². The molecular formula is C17H23N5O3. The zero-order valence-electron chi connectivity index (χ0n) is 14.8. The molecule has 0 aliphatic carbocycles. The summed E-state index contributed by atoms with van der Waals surface area (Å²) in [5, 5.41) is 11.6. The van der Waals surface area contributed by atoms with E-state index in [9.17, 15) is 4.79 Å². The van der Waals surface area contributed by atoms with E-state index in [1.165, 1.54) is 0 Å². The number of amides is 1. The molecule has 1 aromatic heterocycles. The second-order valence-corrected chi connectivity index (χ2v) is 7.03. The first kappa shape index (κ1) is 17.2. The maximum absolute atomic E-state index is 12.4. The Hall–Kier alpha value is -2.64. The van der Waals surface area contributed by atoms with Gasteiger partial charge in [-0.3, -0.25) is 0 Å². The van der Waals surface area contributed by atoms with E-state index >= 15 is 0 Å². The smallest absolute Gasteiger partial charge is 0.410 e. The molecule has 0 saturated carbocycles. The summed E-state index contributed by atoms with van der Waals surface area (Å²) >= 11 is 0. The Morgan fingerprint density at radius 1 is 1.28 bits per heavy atom. The van der Waals surface area contributed by atoms with Gasteiger partial charge in [0, 0.05) is 6.54 Å². The minimum absolute atomic E-state index is 0.0172. The van der Waals surface area contributed by atoms with Crippen LogP contribution in [0.2, 0.25) is 0 Å². The van der Waals surface area contributed by atoms with Crippen molar-refractivity contribution in [1.82, 2.24) is 25.1 Å². The summed E-state index contributed by atoms with van der Waals surface area (Å²) in [5.41, 5.74) is -0.513. The van der Waals surface area contributed by atoms with Gasteiger partial charge in [0.1, 0.15) is 11.4 Å². The van der Waals surface area contributed by atoms with E-state index < -0.39 is 5.60 Å². The lowest BCUT2D eigenvalue weighted by Gasteiger charge is -2.28. The first-order valence-corrected chi connectivity index (χ1v) is 8.41. The highest BCUT2D eigenvalue weighted by Gasteiger charge is 2.33. The van der Waals surface area contributed by atoms with Gasteiger partial charge in [0.15, 0.2) is 0 Å². The molecule has 0 radical (unpaired) electrons. The number of likely N-dealkylation sites (tertiary alicyclic amines) is 1. The first-order chi connectivity index (χ1) is 11.9. The molecule has 1 saturated heterocycles. The third kappa shape index (κ3) is 4.46. The minimum atomic E-state index is -0.513. The third-order valence-corrected chi connectivity index (χ3v) is 3.84. The summed E-state index contributed by atoms with van der Waals surface area (Å²) < 4.78 is 12.8. The fourth-order valence-corrected chi connectivity index (χ4v) is 2.76. The van der Waals surface area contributed by atoms with Gasteiger partial charge in [-0.05, 0) is 56.2 Å². The molecule has 8 heteroatoms. The van der Waals surface area contributed by atoms with Crippen molar-refractivity contribution >= 4 is 6.09 Å². The number of ether oxygens (including phenoxy) is 2. The molecule has 1 atom stereocenters. The fraction of sp³-hybridized carbons (Fsp3) is 0.529. The number of tetrazole rings is 1. The number of benzene rings is 1. The van der Waals surface area contributed by atoms with Gasteiger partial charge in [0.2, 0.25) is 0 Å². The SMILES string of the molecule is CC(C)(C)OC(=O)N1CCCC1Cn1nnnc1Oc1ccccc1. The third-order valence-electron chi connectivity index (χ3n) is 3.84. The molecular weight excluding hydrogens is 322 g/mol. The van der Waals surface area contributed by atoms with Crippen LogP contribution in [0.1, 0.15) is 33.6 Å². The predicted octanol–water partition coefficient (Wildman–Crippen LogP) is 2.86. The Kier molecular flexibility index (Phi) is 4.87. The van der Waals surface area contributed by atoms with Crippen molar-refractivity contribution in [2.75, 3.05) is 6.54 Å². The van der Waals surface area contributed by atoms with Gasteiger partial charge in [-0.15, -0.1) is 0 Å². The minimum Gasteiger partial charge on any atom is -0.444 e. The number of hydrogen-bond donors (Lipinski definition) is 0. The largest absolute Gasteiger partial charge is 0.444 e. The molecule has 0 bridgehead atoms. The van der Waals surface area contributed by atoms with Crippen LogP contribution in [0.25, 0.3) is 0 Å². The Morgan fingerprint density at radius 3 is 2.76 bits per heavy atom. The van der Waals surface area contributed by atoms with E-state index in [2.05, 4.69) is 15.5 Å². The van der Waals surface area contributed by atoms with Crippen molar-refractivity contribution in [2.24, 2.45) is 0 Å². The van der Waals surface area contributed by atoms with Gasteiger partial charge in [-0.2, -0.15) is 4.68 Å². The molecule has 1 amide bonds. The molecule has 8 nitrogen and oxygen atoms in total. The molecule has 2 heterocycles. The monoisotopic (exact) mass is 345 g/mol. The van der Waals surface area contributed by atoms with Crippen LogP contribution in [0.15, 0.2) is 30.3 Å². The molecule has 25 heavy (non-hydrogen) atoms. The zero-order valence-corrected chi connectivity index (χ0v) is 14.8. The summed E-state index contributed by atoms with van der Waals surface area (Å²) in [5.74, 6) is 0.661. The number of carbonyl (C=O) groups excluding carboxylic acids is 1. The van der Waals surface area contributed by atoms with Crippen LogP contribution >= 0.6 is 0 Å². The van der Waals surface area contributed by atoms with Gasteiger partial charge in [-0.1, -0.05) is 23.3 Å². The Labute approximate surface area is 146 Å². The van der Waals surface area contributed by atoms with Gasteiger partial charge < -0.3 is 14.4 Å². The topological polar surface area (TPSA) is 82.4 Å². The normalized spacial score (nSPS) is 17.6. The van der Waals surface area contributed by atoms with E-state index in [0.717, 1.165) is 12.8 Å². The number of aromatic nitrogens is 4. The molecule has 0 N–H and O–H groups in total. The summed E-state index contributed by atoms with van der Waals surface area (Å²) in [6.45, 7) is 6.74. The maximum atomic E-state index is 12.4. The molecule has 1 unspecified atom stereocenters. The van der Waals surface area contributed by atoms with Crippen LogP contribution in [0.3, 0.4) is 0 Å². The predicted molar refractivity (Wildman–Crippen MR) is 90.3 cm³/mol. The molecule has 0 spiro atoms.